The van der Waals surface area contributed by atoms with Crippen molar-refractivity contribution in [2.75, 3.05) is 40.4 Å². The fourth-order valence-electron chi connectivity index (χ4n) is 5.11. The zero-order chi connectivity index (χ0) is 26.4. The molecule has 7 heteroatoms. The first-order valence-electron chi connectivity index (χ1n) is 12.8. The quantitative estimate of drug-likeness (QED) is 0.357. The molecule has 2 aliphatic heterocycles. The number of rotatable bonds is 9. The molecule has 1 spiro atoms. The molecule has 0 aromatic heterocycles. The van der Waals surface area contributed by atoms with Gasteiger partial charge in [0.05, 0.1) is 14.2 Å². The number of likely N-dealkylation sites (tertiary alicyclic amines) is 1. The third-order valence-electron chi connectivity index (χ3n) is 7.20. The highest BCUT2D eigenvalue weighted by atomic mass is 16.5. The number of carbonyl (C=O) groups is 2. The van der Waals surface area contributed by atoms with Crippen LogP contribution in [0, 0.1) is 0 Å². The highest BCUT2D eigenvalue weighted by molar-refractivity contribution is 6.07. The number of benzene rings is 2. The lowest BCUT2D eigenvalue weighted by atomic mass is 9.85. The minimum Gasteiger partial charge on any atom is -0.497 e. The summed E-state index contributed by atoms with van der Waals surface area (Å²) in [4.78, 5) is 32.8. The van der Waals surface area contributed by atoms with E-state index in [1.165, 1.54) is 4.90 Å². The molecule has 0 saturated carbocycles. The molecule has 3 amide bonds. The lowest BCUT2D eigenvalue weighted by Crippen LogP contribution is -2.56. The van der Waals surface area contributed by atoms with E-state index in [9.17, 15) is 9.59 Å². The molecule has 7 nitrogen and oxygen atoms in total. The third kappa shape index (κ3) is 5.88. The molecule has 2 aromatic rings. The second-order valence-corrected chi connectivity index (χ2v) is 9.93. The first kappa shape index (κ1) is 26.5. The largest absolute Gasteiger partial charge is 0.497 e. The van der Waals surface area contributed by atoms with Crippen molar-refractivity contribution in [2.45, 2.75) is 38.8 Å². The van der Waals surface area contributed by atoms with Crippen molar-refractivity contribution < 1.29 is 19.1 Å². The highest BCUT2D eigenvalue weighted by Crippen LogP contribution is 2.38. The number of urea groups is 1. The van der Waals surface area contributed by atoms with Gasteiger partial charge in [0.2, 0.25) is 0 Å². The summed E-state index contributed by atoms with van der Waals surface area (Å²) >= 11 is 0. The lowest BCUT2D eigenvalue weighted by molar-refractivity contribution is -0.135. The van der Waals surface area contributed by atoms with Gasteiger partial charge in [-0.3, -0.25) is 14.6 Å². The summed E-state index contributed by atoms with van der Waals surface area (Å²) in [5.41, 5.74) is 2.46. The van der Waals surface area contributed by atoms with Crippen LogP contribution in [0.1, 0.15) is 37.8 Å². The Balaban J connectivity index is 1.49. The summed E-state index contributed by atoms with van der Waals surface area (Å²) in [7, 11) is 3.29. The smallest absolute Gasteiger partial charge is 0.328 e. The van der Waals surface area contributed by atoms with Gasteiger partial charge in [-0.25, -0.2) is 4.79 Å². The van der Waals surface area contributed by atoms with E-state index in [2.05, 4.69) is 4.90 Å². The Morgan fingerprint density at radius 2 is 1.59 bits per heavy atom. The second kappa shape index (κ2) is 11.6. The molecule has 2 aromatic carbocycles. The third-order valence-corrected chi connectivity index (χ3v) is 7.20. The van der Waals surface area contributed by atoms with Gasteiger partial charge >= 0.3 is 6.03 Å². The zero-order valence-corrected chi connectivity index (χ0v) is 22.3. The van der Waals surface area contributed by atoms with E-state index < -0.39 is 5.54 Å². The van der Waals surface area contributed by atoms with Crippen molar-refractivity contribution in [3.63, 3.8) is 0 Å². The minimum absolute atomic E-state index is 0.0833. The number of ether oxygens (including phenoxy) is 2. The summed E-state index contributed by atoms with van der Waals surface area (Å²) in [5, 5.41) is 0. The lowest BCUT2D eigenvalue weighted by Gasteiger charge is -2.42. The molecule has 2 aliphatic rings. The number of hydrogen-bond acceptors (Lipinski definition) is 5. The minimum atomic E-state index is -0.799. The van der Waals surface area contributed by atoms with Gasteiger partial charge in [0, 0.05) is 38.8 Å². The van der Waals surface area contributed by atoms with E-state index in [4.69, 9.17) is 9.47 Å². The number of piperidine rings is 1. The summed E-state index contributed by atoms with van der Waals surface area (Å²) < 4.78 is 10.8. The van der Waals surface area contributed by atoms with E-state index in [0.717, 1.165) is 47.8 Å². The Hall–Kier alpha value is -3.58. The van der Waals surface area contributed by atoms with Crippen LogP contribution in [0.15, 0.2) is 66.3 Å². The van der Waals surface area contributed by atoms with Crippen LogP contribution in [-0.2, 0) is 11.3 Å². The Morgan fingerprint density at radius 3 is 2.19 bits per heavy atom. The number of allylic oxidation sites excluding steroid dienone is 1. The molecular formula is C30H37N3O4. The van der Waals surface area contributed by atoms with Crippen molar-refractivity contribution in [1.29, 1.82) is 0 Å². The number of imide groups is 1. The van der Waals surface area contributed by atoms with Gasteiger partial charge in [0.1, 0.15) is 17.0 Å². The average Bonchev–Trinajstić information content (AvgIpc) is 3.09. The molecule has 0 unspecified atom stereocenters. The van der Waals surface area contributed by atoms with Gasteiger partial charge in [0.15, 0.2) is 0 Å². The van der Waals surface area contributed by atoms with Crippen molar-refractivity contribution >= 4 is 18.0 Å². The number of amides is 3. The van der Waals surface area contributed by atoms with Crippen LogP contribution in [0.3, 0.4) is 0 Å². The summed E-state index contributed by atoms with van der Waals surface area (Å²) in [6.45, 7) is 6.91. The maximum atomic E-state index is 13.8. The van der Waals surface area contributed by atoms with Crippen LogP contribution in [0.5, 0.6) is 11.5 Å². The normalized spacial score (nSPS) is 17.6. The molecule has 37 heavy (non-hydrogen) atoms. The molecule has 0 aliphatic carbocycles. The predicted molar refractivity (Wildman–Crippen MR) is 146 cm³/mol. The van der Waals surface area contributed by atoms with E-state index in [1.54, 1.807) is 19.1 Å². The first-order valence-corrected chi connectivity index (χ1v) is 12.8. The average molecular weight is 504 g/mol. The van der Waals surface area contributed by atoms with Crippen molar-refractivity contribution in [3.05, 3.63) is 77.4 Å². The molecule has 0 atom stereocenters. The van der Waals surface area contributed by atoms with Gasteiger partial charge < -0.3 is 14.4 Å². The number of hydrogen-bond donors (Lipinski definition) is 0. The molecule has 2 heterocycles. The maximum absolute atomic E-state index is 13.8. The summed E-state index contributed by atoms with van der Waals surface area (Å²) in [6, 6.07) is 15.6. The van der Waals surface area contributed by atoms with Crippen LogP contribution in [0.4, 0.5) is 4.79 Å². The number of methoxy groups -OCH3 is 2. The van der Waals surface area contributed by atoms with Gasteiger partial charge in [-0.2, -0.15) is 0 Å². The van der Waals surface area contributed by atoms with Crippen molar-refractivity contribution in [2.24, 2.45) is 0 Å². The number of nitrogens with zero attached hydrogens (tertiary/aromatic N) is 3. The van der Waals surface area contributed by atoms with Crippen LogP contribution >= 0.6 is 0 Å². The van der Waals surface area contributed by atoms with Crippen LogP contribution in [0.2, 0.25) is 0 Å². The van der Waals surface area contributed by atoms with Crippen LogP contribution < -0.4 is 9.47 Å². The second-order valence-electron chi connectivity index (χ2n) is 9.93. The fraction of sp³-hybridized carbons (Fsp3) is 0.400. The van der Waals surface area contributed by atoms with Crippen molar-refractivity contribution in [1.82, 2.24) is 14.7 Å². The molecule has 0 bridgehead atoms. The standard InChI is InChI=1S/C30H37N3O4/c1-23(2)12-16-33-29(35)32(15-8-11-24-9-6-5-7-10-24)28(34)30(33)13-17-31(18-14-30)22-25-19-26(36-3)21-27(20-25)37-4/h5-12,19-21H,13-18,22H2,1-4H3. The molecule has 0 N–H and O–H groups in total. The SMILES string of the molecule is COc1cc(CN2CCC3(CC2)C(=O)N(CC=Cc2ccccc2)C(=O)N3CC=C(C)C)cc(OC)c1. The Bertz CT molecular complexity index is 1140. The Kier molecular flexibility index (Phi) is 8.34. The van der Waals surface area contributed by atoms with E-state index in [0.29, 0.717) is 19.4 Å². The van der Waals surface area contributed by atoms with E-state index in [1.807, 2.05) is 80.6 Å². The fourth-order valence-corrected chi connectivity index (χ4v) is 5.11. The summed E-state index contributed by atoms with van der Waals surface area (Å²) in [6.07, 6.45) is 7.10. The highest BCUT2D eigenvalue weighted by Gasteiger charge is 2.57. The van der Waals surface area contributed by atoms with Crippen molar-refractivity contribution in [3.8, 4) is 11.5 Å². The zero-order valence-electron chi connectivity index (χ0n) is 22.3. The molecule has 0 radical (unpaired) electrons. The molecule has 2 fully saturated rings. The maximum Gasteiger partial charge on any atom is 0.328 e. The van der Waals surface area contributed by atoms with Gasteiger partial charge in [0.25, 0.3) is 5.91 Å². The molecule has 2 saturated heterocycles. The predicted octanol–water partition coefficient (Wildman–Crippen LogP) is 4.98. The van der Waals surface area contributed by atoms with Gasteiger partial charge in [-0.15, -0.1) is 0 Å². The van der Waals surface area contributed by atoms with Gasteiger partial charge in [-0.05, 0) is 49.9 Å². The first-order chi connectivity index (χ1) is 17.9. The van der Waals surface area contributed by atoms with Gasteiger partial charge in [-0.1, -0.05) is 54.1 Å². The van der Waals surface area contributed by atoms with Crippen LogP contribution in [0.25, 0.3) is 6.08 Å². The number of carbonyl (C=O) groups excluding carboxylic acids is 2. The molecular weight excluding hydrogens is 466 g/mol. The van der Waals surface area contributed by atoms with Crippen LogP contribution in [-0.4, -0.2) is 72.6 Å². The topological polar surface area (TPSA) is 62.3 Å². The Labute approximate surface area is 219 Å². The molecule has 4 rings (SSSR count). The summed E-state index contributed by atoms with van der Waals surface area (Å²) in [5.74, 6) is 1.43. The Morgan fingerprint density at radius 1 is 0.946 bits per heavy atom. The van der Waals surface area contributed by atoms with E-state index >= 15 is 0 Å². The van der Waals surface area contributed by atoms with E-state index in [-0.39, 0.29) is 18.5 Å². The monoisotopic (exact) mass is 503 g/mol. The molecule has 196 valence electrons.